The predicted octanol–water partition coefficient (Wildman–Crippen LogP) is 3.74. The van der Waals surface area contributed by atoms with E-state index in [0.29, 0.717) is 46.5 Å². The number of anilines is 1. The molecule has 4 unspecified atom stereocenters. The molecule has 2 fully saturated rings. The van der Waals surface area contributed by atoms with Crippen LogP contribution in [0.4, 0.5) is 5.95 Å². The van der Waals surface area contributed by atoms with Crippen LogP contribution in [0.5, 0.6) is 17.2 Å². The van der Waals surface area contributed by atoms with Crippen LogP contribution >= 0.6 is 11.3 Å². The topological polar surface area (TPSA) is 111 Å². The molecule has 3 aromatic rings. The summed E-state index contributed by atoms with van der Waals surface area (Å²) in [5.41, 5.74) is 0. The Bertz CT molecular complexity index is 1100. The van der Waals surface area contributed by atoms with Crippen molar-refractivity contribution in [1.82, 2.24) is 20.6 Å². The van der Waals surface area contributed by atoms with Gasteiger partial charge in [0.1, 0.15) is 4.88 Å². The van der Waals surface area contributed by atoms with E-state index in [-0.39, 0.29) is 11.9 Å². The van der Waals surface area contributed by atoms with E-state index in [1.165, 1.54) is 30.6 Å². The monoisotopic (exact) mass is 443 g/mol. The zero-order chi connectivity index (χ0) is 21.5. The number of carbonyl (C=O) groups excluding carboxylic acids is 1. The maximum absolute atomic E-state index is 13.1. The summed E-state index contributed by atoms with van der Waals surface area (Å²) >= 11 is 1.34. The summed E-state index contributed by atoms with van der Waals surface area (Å²) in [7, 11) is 3.19. The van der Waals surface area contributed by atoms with Crippen molar-refractivity contribution in [3.05, 3.63) is 17.0 Å². The van der Waals surface area contributed by atoms with E-state index in [2.05, 4.69) is 32.9 Å². The Morgan fingerprint density at radius 2 is 2.06 bits per heavy atom. The van der Waals surface area contributed by atoms with Crippen LogP contribution in [-0.2, 0) is 0 Å². The van der Waals surface area contributed by atoms with Crippen molar-refractivity contribution in [2.24, 2.45) is 23.7 Å². The van der Waals surface area contributed by atoms with Crippen LogP contribution in [0.25, 0.3) is 10.1 Å². The molecule has 2 saturated carbocycles. The van der Waals surface area contributed by atoms with Gasteiger partial charge in [0, 0.05) is 4.70 Å². The summed E-state index contributed by atoms with van der Waals surface area (Å²) in [5, 5.41) is 16.9. The quantitative estimate of drug-likeness (QED) is 0.572. The zero-order valence-corrected chi connectivity index (χ0v) is 18.5. The molecule has 0 spiro atoms. The number of aromatic nitrogens is 4. The van der Waals surface area contributed by atoms with Crippen molar-refractivity contribution in [3.63, 3.8) is 0 Å². The average Bonchev–Trinajstić information content (AvgIpc) is 3.56. The van der Waals surface area contributed by atoms with Crippen LogP contribution in [-0.4, -0.2) is 47.4 Å². The first-order chi connectivity index (χ1) is 15.1. The summed E-state index contributed by atoms with van der Waals surface area (Å²) in [6, 6.07) is 3.75. The number of carbonyl (C=O) groups is 1. The van der Waals surface area contributed by atoms with E-state index in [0.717, 1.165) is 16.0 Å². The molecule has 1 amide bonds. The van der Waals surface area contributed by atoms with Gasteiger partial charge in [-0.3, -0.25) is 10.1 Å². The molecule has 2 bridgehead atoms. The molecule has 31 heavy (non-hydrogen) atoms. The highest BCUT2D eigenvalue weighted by Crippen LogP contribution is 2.53. The standard InChI is InChI=1S/C21H25N5O4S/c1-10-11-4-5-12(8-11)13(10)9-30-18-16-15(7-6-14(28-2)17(16)29-3)31-19(18)20(27)22-21-23-25-26-24-21/h6-7,10-13H,4-5,8-9H2,1-3H3,(H2,22,23,24,25,26,27). The number of methoxy groups -OCH3 is 2. The molecule has 9 nitrogen and oxygen atoms in total. The van der Waals surface area contributed by atoms with Gasteiger partial charge < -0.3 is 14.2 Å². The minimum absolute atomic E-state index is 0.111. The molecule has 2 aliphatic carbocycles. The lowest BCUT2D eigenvalue weighted by Crippen LogP contribution is -2.26. The Morgan fingerprint density at radius 3 is 2.74 bits per heavy atom. The lowest BCUT2D eigenvalue weighted by atomic mass is 9.81. The van der Waals surface area contributed by atoms with E-state index in [4.69, 9.17) is 14.2 Å². The number of fused-ring (bicyclic) bond motifs is 3. The third kappa shape index (κ3) is 3.38. The van der Waals surface area contributed by atoms with Crippen molar-refractivity contribution in [2.45, 2.75) is 26.2 Å². The molecular weight excluding hydrogens is 418 g/mol. The number of amides is 1. The van der Waals surface area contributed by atoms with Crippen LogP contribution < -0.4 is 19.5 Å². The maximum Gasteiger partial charge on any atom is 0.272 e. The molecule has 4 atom stereocenters. The molecule has 5 rings (SSSR count). The van der Waals surface area contributed by atoms with Gasteiger partial charge in [-0.25, -0.2) is 0 Å². The molecule has 2 N–H and O–H groups in total. The highest BCUT2D eigenvalue weighted by atomic mass is 32.1. The van der Waals surface area contributed by atoms with Crippen molar-refractivity contribution in [2.75, 3.05) is 26.1 Å². The molecule has 164 valence electrons. The summed E-state index contributed by atoms with van der Waals surface area (Å²) in [4.78, 5) is 13.5. The van der Waals surface area contributed by atoms with Gasteiger partial charge in [0.05, 0.1) is 26.2 Å². The number of hydrogen-bond acceptors (Lipinski definition) is 8. The second-order valence-corrected chi connectivity index (χ2v) is 9.34. The van der Waals surface area contributed by atoms with Gasteiger partial charge in [0.15, 0.2) is 17.2 Å². The number of thiophene rings is 1. The van der Waals surface area contributed by atoms with Crippen LogP contribution in [0, 0.1) is 23.7 Å². The summed E-state index contributed by atoms with van der Waals surface area (Å²) < 4.78 is 18.5. The minimum atomic E-state index is -0.348. The van der Waals surface area contributed by atoms with Crippen molar-refractivity contribution >= 4 is 33.3 Å². The minimum Gasteiger partial charge on any atom is -0.493 e. The summed E-state index contributed by atoms with van der Waals surface area (Å²) in [6.45, 7) is 2.91. The first kappa shape index (κ1) is 20.0. The molecule has 1 aromatic carbocycles. The lowest BCUT2D eigenvalue weighted by Gasteiger charge is -2.28. The number of rotatable bonds is 7. The highest BCUT2D eigenvalue weighted by molar-refractivity contribution is 7.21. The van der Waals surface area contributed by atoms with Gasteiger partial charge in [0.2, 0.25) is 0 Å². The molecule has 0 aliphatic heterocycles. The van der Waals surface area contributed by atoms with Crippen LogP contribution in [0.3, 0.4) is 0 Å². The van der Waals surface area contributed by atoms with Gasteiger partial charge >= 0.3 is 0 Å². The fraction of sp³-hybridized carbons (Fsp3) is 0.524. The largest absolute Gasteiger partial charge is 0.493 e. The van der Waals surface area contributed by atoms with Gasteiger partial charge in [-0.15, -0.1) is 16.4 Å². The van der Waals surface area contributed by atoms with Crippen LogP contribution in [0.1, 0.15) is 35.9 Å². The van der Waals surface area contributed by atoms with Gasteiger partial charge in [-0.05, 0) is 60.3 Å². The van der Waals surface area contributed by atoms with E-state index in [1.54, 1.807) is 14.2 Å². The van der Waals surface area contributed by atoms with Crippen molar-refractivity contribution in [1.29, 1.82) is 0 Å². The van der Waals surface area contributed by atoms with E-state index < -0.39 is 0 Å². The van der Waals surface area contributed by atoms with Crippen LogP contribution in [0.15, 0.2) is 12.1 Å². The Kier molecular flexibility index (Phi) is 5.17. The molecule has 0 saturated heterocycles. The van der Waals surface area contributed by atoms with Crippen molar-refractivity contribution in [3.8, 4) is 17.2 Å². The van der Waals surface area contributed by atoms with E-state index in [1.807, 2.05) is 12.1 Å². The number of nitrogens with one attached hydrogen (secondary N) is 2. The molecule has 0 radical (unpaired) electrons. The van der Waals surface area contributed by atoms with Gasteiger partial charge in [0.25, 0.3) is 11.9 Å². The average molecular weight is 444 g/mol. The number of tetrazole rings is 1. The molecule has 2 aromatic heterocycles. The van der Waals surface area contributed by atoms with E-state index in [9.17, 15) is 4.79 Å². The number of hydrogen-bond donors (Lipinski definition) is 2. The third-order valence-electron chi connectivity index (χ3n) is 6.89. The first-order valence-electron chi connectivity index (χ1n) is 10.5. The Balaban J connectivity index is 1.53. The maximum atomic E-state index is 13.1. The summed E-state index contributed by atoms with van der Waals surface area (Å²) in [6.07, 6.45) is 3.89. The Hall–Kier alpha value is -2.88. The predicted molar refractivity (Wildman–Crippen MR) is 116 cm³/mol. The zero-order valence-electron chi connectivity index (χ0n) is 17.7. The van der Waals surface area contributed by atoms with E-state index >= 15 is 0 Å². The highest BCUT2D eigenvalue weighted by Gasteiger charge is 2.45. The number of benzene rings is 1. The fourth-order valence-corrected chi connectivity index (χ4v) is 6.35. The SMILES string of the molecule is COc1ccc2sc(C(=O)Nc3nn[nH]n3)c(OCC3C4CCC(C4)C3C)c2c1OC. The van der Waals surface area contributed by atoms with Crippen molar-refractivity contribution < 1.29 is 19.0 Å². The Labute approximate surface area is 183 Å². The Morgan fingerprint density at radius 1 is 1.23 bits per heavy atom. The number of ether oxygens (including phenoxy) is 3. The first-order valence-corrected chi connectivity index (χ1v) is 11.3. The second kappa shape index (κ2) is 7.99. The lowest BCUT2D eigenvalue weighted by molar-refractivity contribution is 0.102. The molecular formula is C21H25N5O4S. The fourth-order valence-electron chi connectivity index (χ4n) is 5.30. The molecule has 10 heteroatoms. The number of nitrogens with zero attached hydrogens (tertiary/aromatic N) is 3. The number of H-pyrrole nitrogens is 1. The number of aromatic amines is 1. The molecule has 2 aliphatic rings. The second-order valence-electron chi connectivity index (χ2n) is 8.29. The normalized spacial score (nSPS) is 24.5. The van der Waals surface area contributed by atoms with Gasteiger partial charge in [-0.2, -0.15) is 5.21 Å². The third-order valence-corrected chi connectivity index (χ3v) is 8.02. The molecule has 2 heterocycles. The van der Waals surface area contributed by atoms with Gasteiger partial charge in [-0.1, -0.05) is 12.0 Å². The summed E-state index contributed by atoms with van der Waals surface area (Å²) in [5.74, 6) is 4.08. The smallest absolute Gasteiger partial charge is 0.272 e. The van der Waals surface area contributed by atoms with Crippen LogP contribution in [0.2, 0.25) is 0 Å².